The SMILES string of the molecule is Cc1ccc(OCC(Cl)C(=O)O)c(C)c1. The van der Waals surface area contributed by atoms with Crippen molar-refractivity contribution >= 4 is 17.6 Å². The van der Waals surface area contributed by atoms with Crippen molar-refractivity contribution in [3.05, 3.63) is 29.3 Å². The van der Waals surface area contributed by atoms with Crippen LogP contribution in [0.1, 0.15) is 11.1 Å². The molecule has 0 amide bonds. The Morgan fingerprint density at radius 3 is 2.73 bits per heavy atom. The number of ether oxygens (including phenoxy) is 1. The summed E-state index contributed by atoms with van der Waals surface area (Å²) in [6.45, 7) is 3.87. The lowest BCUT2D eigenvalue weighted by Gasteiger charge is -2.10. The summed E-state index contributed by atoms with van der Waals surface area (Å²) in [5.74, 6) is -0.395. The second kappa shape index (κ2) is 5.03. The van der Waals surface area contributed by atoms with Gasteiger partial charge in [-0.1, -0.05) is 17.7 Å². The number of halogens is 1. The Bertz CT molecular complexity index is 363. The lowest BCUT2D eigenvalue weighted by atomic mass is 10.1. The van der Waals surface area contributed by atoms with Gasteiger partial charge in [0.1, 0.15) is 12.4 Å². The summed E-state index contributed by atoms with van der Waals surface area (Å²) >= 11 is 5.52. The summed E-state index contributed by atoms with van der Waals surface area (Å²) < 4.78 is 5.30. The first-order valence-electron chi connectivity index (χ1n) is 4.57. The van der Waals surface area contributed by atoms with E-state index in [4.69, 9.17) is 21.4 Å². The van der Waals surface area contributed by atoms with Crippen LogP contribution in [-0.4, -0.2) is 23.1 Å². The van der Waals surface area contributed by atoms with E-state index in [0.29, 0.717) is 5.75 Å². The number of carboxylic acid groups (broad SMARTS) is 1. The molecule has 0 heterocycles. The van der Waals surface area contributed by atoms with Crippen LogP contribution < -0.4 is 4.74 Å². The van der Waals surface area contributed by atoms with E-state index in [1.807, 2.05) is 32.0 Å². The van der Waals surface area contributed by atoms with Crippen molar-refractivity contribution < 1.29 is 14.6 Å². The highest BCUT2D eigenvalue weighted by atomic mass is 35.5. The Morgan fingerprint density at radius 2 is 2.20 bits per heavy atom. The molecule has 0 aliphatic heterocycles. The smallest absolute Gasteiger partial charge is 0.325 e. The molecule has 0 aliphatic rings. The van der Waals surface area contributed by atoms with E-state index in [2.05, 4.69) is 0 Å². The zero-order valence-corrected chi connectivity index (χ0v) is 9.41. The average molecular weight is 229 g/mol. The van der Waals surface area contributed by atoms with E-state index in [1.165, 1.54) is 0 Å². The van der Waals surface area contributed by atoms with Crippen LogP contribution >= 0.6 is 11.6 Å². The van der Waals surface area contributed by atoms with E-state index in [-0.39, 0.29) is 6.61 Å². The van der Waals surface area contributed by atoms with Gasteiger partial charge in [0, 0.05) is 0 Å². The zero-order valence-electron chi connectivity index (χ0n) is 8.66. The van der Waals surface area contributed by atoms with Crippen LogP contribution in [0, 0.1) is 13.8 Å². The number of rotatable bonds is 4. The van der Waals surface area contributed by atoms with E-state index in [0.717, 1.165) is 11.1 Å². The number of alkyl halides is 1. The summed E-state index contributed by atoms with van der Waals surface area (Å²) in [7, 11) is 0. The molecule has 4 heteroatoms. The highest BCUT2D eigenvalue weighted by Crippen LogP contribution is 2.19. The summed E-state index contributed by atoms with van der Waals surface area (Å²) in [6.07, 6.45) is 0. The van der Waals surface area contributed by atoms with Crippen molar-refractivity contribution in [1.29, 1.82) is 0 Å². The third-order valence-electron chi connectivity index (χ3n) is 1.98. The molecule has 1 aromatic carbocycles. The second-order valence-corrected chi connectivity index (χ2v) is 3.91. The third kappa shape index (κ3) is 3.44. The number of hydrogen-bond donors (Lipinski definition) is 1. The van der Waals surface area contributed by atoms with Crippen LogP contribution in [0.5, 0.6) is 5.75 Å². The van der Waals surface area contributed by atoms with Gasteiger partial charge >= 0.3 is 5.97 Å². The summed E-state index contributed by atoms with van der Waals surface area (Å²) in [5.41, 5.74) is 2.12. The van der Waals surface area contributed by atoms with Gasteiger partial charge in [-0.25, -0.2) is 0 Å². The number of aliphatic carboxylic acids is 1. The minimum Gasteiger partial charge on any atom is -0.491 e. The molecule has 1 N–H and O–H groups in total. The van der Waals surface area contributed by atoms with Gasteiger partial charge in [0.25, 0.3) is 0 Å². The second-order valence-electron chi connectivity index (χ2n) is 3.39. The molecule has 0 aromatic heterocycles. The fraction of sp³-hybridized carbons (Fsp3) is 0.364. The lowest BCUT2D eigenvalue weighted by molar-refractivity contribution is -0.137. The summed E-state index contributed by atoms with van der Waals surface area (Å²) in [4.78, 5) is 10.4. The highest BCUT2D eigenvalue weighted by Gasteiger charge is 2.14. The Morgan fingerprint density at radius 1 is 1.53 bits per heavy atom. The molecule has 0 spiro atoms. The Hall–Kier alpha value is -1.22. The predicted octanol–water partition coefficient (Wildman–Crippen LogP) is 2.37. The van der Waals surface area contributed by atoms with Crippen molar-refractivity contribution in [1.82, 2.24) is 0 Å². The van der Waals surface area contributed by atoms with Gasteiger partial charge < -0.3 is 9.84 Å². The molecule has 1 aromatic rings. The maximum Gasteiger partial charge on any atom is 0.325 e. The van der Waals surface area contributed by atoms with Gasteiger partial charge in [0.05, 0.1) is 0 Å². The standard InChI is InChI=1S/C11H13ClO3/c1-7-3-4-10(8(2)5-7)15-6-9(12)11(13)14/h3-5,9H,6H2,1-2H3,(H,13,14). The topological polar surface area (TPSA) is 46.5 Å². The van der Waals surface area contributed by atoms with E-state index in [9.17, 15) is 4.79 Å². The van der Waals surface area contributed by atoms with Crippen LogP contribution in [0.4, 0.5) is 0 Å². The normalized spacial score (nSPS) is 12.2. The van der Waals surface area contributed by atoms with Crippen LogP contribution in [0.3, 0.4) is 0 Å². The number of carbonyl (C=O) groups is 1. The molecule has 1 rings (SSSR count). The summed E-state index contributed by atoms with van der Waals surface area (Å²) in [5, 5.41) is 7.55. The molecular weight excluding hydrogens is 216 g/mol. The zero-order chi connectivity index (χ0) is 11.4. The largest absolute Gasteiger partial charge is 0.491 e. The number of hydrogen-bond acceptors (Lipinski definition) is 2. The van der Waals surface area contributed by atoms with Crippen molar-refractivity contribution in [2.45, 2.75) is 19.2 Å². The molecule has 1 atom stereocenters. The Balaban J connectivity index is 2.62. The van der Waals surface area contributed by atoms with E-state index < -0.39 is 11.3 Å². The molecule has 0 fully saturated rings. The molecule has 1 unspecified atom stereocenters. The summed E-state index contributed by atoms with van der Waals surface area (Å²) in [6, 6.07) is 5.70. The molecule has 3 nitrogen and oxygen atoms in total. The number of benzene rings is 1. The van der Waals surface area contributed by atoms with Crippen LogP contribution in [0.2, 0.25) is 0 Å². The minimum atomic E-state index is -1.07. The average Bonchev–Trinajstić information content (AvgIpc) is 2.15. The van der Waals surface area contributed by atoms with Gasteiger partial charge in [0.15, 0.2) is 5.38 Å². The van der Waals surface area contributed by atoms with Gasteiger partial charge in [-0.3, -0.25) is 4.79 Å². The minimum absolute atomic E-state index is 0.0270. The highest BCUT2D eigenvalue weighted by molar-refractivity contribution is 6.29. The molecule has 0 aliphatic carbocycles. The molecule has 0 saturated heterocycles. The number of aryl methyl sites for hydroxylation is 2. The van der Waals surface area contributed by atoms with Gasteiger partial charge in [0.2, 0.25) is 0 Å². The molecule has 0 saturated carbocycles. The fourth-order valence-corrected chi connectivity index (χ4v) is 1.26. The Labute approximate surface area is 93.6 Å². The fourth-order valence-electron chi connectivity index (χ4n) is 1.20. The molecular formula is C11H13ClO3. The van der Waals surface area contributed by atoms with Crippen LogP contribution in [0.25, 0.3) is 0 Å². The number of carboxylic acids is 1. The van der Waals surface area contributed by atoms with Gasteiger partial charge in [-0.05, 0) is 25.5 Å². The molecule has 0 radical (unpaired) electrons. The first kappa shape index (κ1) is 11.9. The predicted molar refractivity (Wildman–Crippen MR) is 58.7 cm³/mol. The quantitative estimate of drug-likeness (QED) is 0.805. The molecule has 0 bridgehead atoms. The van der Waals surface area contributed by atoms with Crippen molar-refractivity contribution in [3.8, 4) is 5.75 Å². The van der Waals surface area contributed by atoms with Crippen molar-refractivity contribution in [2.75, 3.05) is 6.61 Å². The third-order valence-corrected chi connectivity index (χ3v) is 2.30. The van der Waals surface area contributed by atoms with Gasteiger partial charge in [-0.15, -0.1) is 11.6 Å². The molecule has 15 heavy (non-hydrogen) atoms. The molecule has 82 valence electrons. The first-order chi connectivity index (χ1) is 7.00. The van der Waals surface area contributed by atoms with E-state index in [1.54, 1.807) is 0 Å². The van der Waals surface area contributed by atoms with Crippen LogP contribution in [-0.2, 0) is 4.79 Å². The van der Waals surface area contributed by atoms with Crippen molar-refractivity contribution in [3.63, 3.8) is 0 Å². The van der Waals surface area contributed by atoms with Crippen molar-refractivity contribution in [2.24, 2.45) is 0 Å². The maximum atomic E-state index is 10.4. The maximum absolute atomic E-state index is 10.4. The van der Waals surface area contributed by atoms with Crippen LogP contribution in [0.15, 0.2) is 18.2 Å². The lowest BCUT2D eigenvalue weighted by Crippen LogP contribution is -2.21. The Kier molecular flexibility index (Phi) is 3.97. The van der Waals surface area contributed by atoms with E-state index >= 15 is 0 Å². The van der Waals surface area contributed by atoms with Gasteiger partial charge in [-0.2, -0.15) is 0 Å². The monoisotopic (exact) mass is 228 g/mol. The first-order valence-corrected chi connectivity index (χ1v) is 5.01.